The molecule has 0 amide bonds. The Morgan fingerprint density at radius 2 is 1.50 bits per heavy atom. The van der Waals surface area contributed by atoms with E-state index in [0.29, 0.717) is 0 Å². The van der Waals surface area contributed by atoms with Crippen molar-refractivity contribution in [3.8, 4) is 0 Å². The third kappa shape index (κ3) is 8.39. The predicted octanol–water partition coefficient (Wildman–Crippen LogP) is 5.66. The average Bonchev–Trinajstić information content (AvgIpc) is 3.41. The van der Waals surface area contributed by atoms with Crippen molar-refractivity contribution in [2.45, 2.75) is 41.5 Å². The highest BCUT2D eigenvalue weighted by Crippen LogP contribution is 2.14. The molecule has 152 valence electrons. The van der Waals surface area contributed by atoms with Crippen molar-refractivity contribution in [1.29, 1.82) is 0 Å². The Hall–Kier alpha value is -2.61. The highest BCUT2D eigenvalue weighted by molar-refractivity contribution is 9.10. The van der Waals surface area contributed by atoms with Crippen LogP contribution in [0.3, 0.4) is 0 Å². The maximum Gasteiger partial charge on any atom is 0.138 e. The van der Waals surface area contributed by atoms with E-state index in [1.54, 1.807) is 23.4 Å². The molecule has 7 nitrogen and oxygen atoms in total. The summed E-state index contributed by atoms with van der Waals surface area (Å²) in [4.78, 5) is 3.87. The Labute approximate surface area is 173 Å². The van der Waals surface area contributed by atoms with Crippen molar-refractivity contribution >= 4 is 15.9 Å². The molecule has 0 aliphatic carbocycles. The zero-order valence-electron chi connectivity index (χ0n) is 17.4. The van der Waals surface area contributed by atoms with Gasteiger partial charge in [-0.3, -0.25) is 4.68 Å². The molecular formula is C20H27BrN4O3. The quantitative estimate of drug-likeness (QED) is 0.343. The molecule has 0 aromatic carbocycles. The average molecular weight is 451 g/mol. The molecule has 0 aliphatic rings. The summed E-state index contributed by atoms with van der Waals surface area (Å²) < 4.78 is 17.4. The van der Waals surface area contributed by atoms with E-state index in [-0.39, 0.29) is 0 Å². The third-order valence-electron chi connectivity index (χ3n) is 3.84. The van der Waals surface area contributed by atoms with Crippen LogP contribution in [0.25, 0.3) is 0 Å². The van der Waals surface area contributed by atoms with Crippen LogP contribution in [0.15, 0.2) is 55.0 Å². The van der Waals surface area contributed by atoms with Crippen molar-refractivity contribution in [2.75, 3.05) is 0 Å². The van der Waals surface area contributed by atoms with E-state index in [2.05, 4.69) is 31.2 Å². The molecule has 0 radical (unpaired) electrons. The van der Waals surface area contributed by atoms with Crippen molar-refractivity contribution in [3.63, 3.8) is 0 Å². The summed E-state index contributed by atoms with van der Waals surface area (Å²) in [5.74, 6) is 3.79. The molecule has 0 atom stereocenters. The van der Waals surface area contributed by atoms with Gasteiger partial charge in [-0.15, -0.1) is 0 Å². The molecule has 28 heavy (non-hydrogen) atoms. The molecule has 0 saturated heterocycles. The van der Waals surface area contributed by atoms with Crippen LogP contribution >= 0.6 is 15.9 Å². The third-order valence-corrected chi connectivity index (χ3v) is 4.67. The largest absolute Gasteiger partial charge is 0.469 e. The molecule has 4 aromatic heterocycles. The minimum absolute atomic E-state index is 0.903. The molecule has 0 aliphatic heterocycles. The van der Waals surface area contributed by atoms with E-state index < -0.39 is 0 Å². The van der Waals surface area contributed by atoms with Crippen LogP contribution in [-0.4, -0.2) is 19.9 Å². The van der Waals surface area contributed by atoms with E-state index in [0.717, 1.165) is 33.1 Å². The van der Waals surface area contributed by atoms with Gasteiger partial charge in [0.05, 0.1) is 23.2 Å². The number of hydrogen-bond acceptors (Lipinski definition) is 6. The van der Waals surface area contributed by atoms with Gasteiger partial charge in [-0.1, -0.05) is 5.16 Å². The van der Waals surface area contributed by atoms with Crippen LogP contribution in [0.2, 0.25) is 0 Å². The zero-order valence-corrected chi connectivity index (χ0v) is 18.9. The lowest BCUT2D eigenvalue weighted by Gasteiger charge is -1.84. The first-order valence-electron chi connectivity index (χ1n) is 8.61. The Morgan fingerprint density at radius 3 is 1.64 bits per heavy atom. The zero-order chi connectivity index (χ0) is 21.1. The Morgan fingerprint density at radius 1 is 0.857 bits per heavy atom. The van der Waals surface area contributed by atoms with Gasteiger partial charge >= 0.3 is 0 Å². The lowest BCUT2D eigenvalue weighted by Crippen LogP contribution is -1.91. The summed E-state index contributed by atoms with van der Waals surface area (Å²) in [5.41, 5.74) is 2.33. The first kappa shape index (κ1) is 23.4. The minimum atomic E-state index is 0.903. The van der Waals surface area contributed by atoms with Gasteiger partial charge in [0, 0.05) is 12.6 Å². The molecule has 0 bridgehead atoms. The van der Waals surface area contributed by atoms with Gasteiger partial charge < -0.3 is 13.4 Å². The number of aryl methyl sites for hydroxylation is 7. The first-order chi connectivity index (χ1) is 13.2. The second-order valence-electron chi connectivity index (χ2n) is 5.98. The van der Waals surface area contributed by atoms with Crippen molar-refractivity contribution < 1.29 is 13.4 Å². The monoisotopic (exact) mass is 450 g/mol. The SMILES string of the molecule is Cc1ccoc1C.Cc1cnoc1C.Cc1ncnn1C.Cc1occc1Br. The van der Waals surface area contributed by atoms with E-state index in [4.69, 9.17) is 13.4 Å². The summed E-state index contributed by atoms with van der Waals surface area (Å²) >= 11 is 3.27. The lowest BCUT2D eigenvalue weighted by molar-refractivity contribution is 0.396. The fraction of sp³-hybridized carbons (Fsp3) is 0.350. The number of rotatable bonds is 0. The maximum atomic E-state index is 4.96. The molecule has 0 fully saturated rings. The second-order valence-corrected chi connectivity index (χ2v) is 6.83. The number of furan rings is 2. The van der Waals surface area contributed by atoms with Crippen LogP contribution in [0, 0.1) is 41.5 Å². The van der Waals surface area contributed by atoms with Gasteiger partial charge in [0.15, 0.2) is 0 Å². The number of halogens is 1. The van der Waals surface area contributed by atoms with E-state index in [1.165, 1.54) is 11.9 Å². The summed E-state index contributed by atoms with van der Waals surface area (Å²) in [6, 6.07) is 3.82. The van der Waals surface area contributed by atoms with Gasteiger partial charge in [0.2, 0.25) is 0 Å². The van der Waals surface area contributed by atoms with E-state index >= 15 is 0 Å². The highest BCUT2D eigenvalue weighted by atomic mass is 79.9. The number of nitrogens with zero attached hydrogens (tertiary/aromatic N) is 4. The van der Waals surface area contributed by atoms with Gasteiger partial charge in [0.1, 0.15) is 29.4 Å². The number of aromatic nitrogens is 4. The molecule has 4 heterocycles. The van der Waals surface area contributed by atoms with Crippen LogP contribution in [0.1, 0.15) is 34.2 Å². The topological polar surface area (TPSA) is 83.0 Å². The highest BCUT2D eigenvalue weighted by Gasteiger charge is 1.92. The standard InChI is InChI=1S/C6H8O.C5H5BrO.C5H7NO.C4H7N3/c1-5-3-4-7-6(5)2;1-4-5(6)2-3-7-4;1-4-3-6-7-5(4)2;1-4-5-3-6-7(4)2/h3-4H,1-2H3;2-3H,1H3;2*3H,1-2H3. The molecular weight excluding hydrogens is 424 g/mol. The van der Waals surface area contributed by atoms with Gasteiger partial charge in [0.25, 0.3) is 0 Å². The summed E-state index contributed by atoms with van der Waals surface area (Å²) in [7, 11) is 1.86. The normalized spacial score (nSPS) is 9.43. The van der Waals surface area contributed by atoms with Crippen LogP contribution in [0.4, 0.5) is 0 Å². The van der Waals surface area contributed by atoms with Crippen LogP contribution in [0.5, 0.6) is 0 Å². The molecule has 4 aromatic rings. The molecule has 8 heteroatoms. The van der Waals surface area contributed by atoms with Gasteiger partial charge in [-0.2, -0.15) is 5.10 Å². The predicted molar refractivity (Wildman–Crippen MR) is 111 cm³/mol. The smallest absolute Gasteiger partial charge is 0.138 e. The fourth-order valence-electron chi connectivity index (χ4n) is 1.52. The van der Waals surface area contributed by atoms with Crippen molar-refractivity contribution in [3.05, 3.63) is 75.9 Å². The van der Waals surface area contributed by atoms with Gasteiger partial charge in [-0.25, -0.2) is 4.98 Å². The fourth-order valence-corrected chi connectivity index (χ4v) is 1.72. The molecule has 0 unspecified atom stereocenters. The summed E-state index contributed by atoms with van der Waals surface area (Å²) in [6.45, 7) is 11.7. The second kappa shape index (κ2) is 12.0. The maximum absolute atomic E-state index is 4.96. The molecule has 4 rings (SSSR count). The van der Waals surface area contributed by atoms with Gasteiger partial charge in [-0.05, 0) is 75.2 Å². The van der Waals surface area contributed by atoms with E-state index in [9.17, 15) is 0 Å². The molecule has 0 saturated carbocycles. The van der Waals surface area contributed by atoms with Crippen LogP contribution in [-0.2, 0) is 7.05 Å². The van der Waals surface area contributed by atoms with E-state index in [1.807, 2.05) is 60.7 Å². The van der Waals surface area contributed by atoms with Crippen LogP contribution < -0.4 is 0 Å². The molecule has 0 N–H and O–H groups in total. The Balaban J connectivity index is 0.000000187. The summed E-state index contributed by atoms with van der Waals surface area (Å²) in [5, 5.41) is 7.37. The summed E-state index contributed by atoms with van der Waals surface area (Å²) in [6.07, 6.45) is 6.59. The lowest BCUT2D eigenvalue weighted by atomic mass is 10.3. The Kier molecular flexibility index (Phi) is 10.0. The minimum Gasteiger partial charge on any atom is -0.469 e. The van der Waals surface area contributed by atoms with Crippen molar-refractivity contribution in [1.82, 2.24) is 19.9 Å². The number of hydrogen-bond donors (Lipinski definition) is 0. The van der Waals surface area contributed by atoms with Crippen molar-refractivity contribution in [2.24, 2.45) is 7.05 Å². The first-order valence-corrected chi connectivity index (χ1v) is 9.40. The Bertz CT molecular complexity index is 718. The molecule has 0 spiro atoms.